The molecule has 3 nitrogen and oxygen atoms in total. The van der Waals surface area contributed by atoms with Crippen LogP contribution in [0.4, 0.5) is 0 Å². The fraction of sp³-hybridized carbons (Fsp3) is 0.625. The van der Waals surface area contributed by atoms with Gasteiger partial charge in [0.1, 0.15) is 0 Å². The SMILES string of the molecule is CCNC(c1cc2c(cc1Cl)OCCCO2)C(C)(C)C. The maximum absolute atomic E-state index is 6.48. The fourth-order valence-corrected chi connectivity index (χ4v) is 2.77. The summed E-state index contributed by atoms with van der Waals surface area (Å²) in [5, 5.41) is 4.25. The highest BCUT2D eigenvalue weighted by Crippen LogP contribution is 2.42. The minimum absolute atomic E-state index is 0.0689. The van der Waals surface area contributed by atoms with Gasteiger partial charge in [-0.3, -0.25) is 0 Å². The quantitative estimate of drug-likeness (QED) is 0.907. The summed E-state index contributed by atoms with van der Waals surface area (Å²) < 4.78 is 11.5. The minimum atomic E-state index is 0.0689. The van der Waals surface area contributed by atoms with Crippen LogP contribution in [0.3, 0.4) is 0 Å². The van der Waals surface area contributed by atoms with Crippen molar-refractivity contribution in [2.75, 3.05) is 19.8 Å². The van der Waals surface area contributed by atoms with Gasteiger partial charge in [0, 0.05) is 23.6 Å². The average Bonchev–Trinajstić information content (AvgIpc) is 2.58. The minimum Gasteiger partial charge on any atom is -0.490 e. The Kier molecular flexibility index (Phi) is 4.82. The largest absolute Gasteiger partial charge is 0.490 e. The first-order valence-electron chi connectivity index (χ1n) is 7.26. The van der Waals surface area contributed by atoms with Gasteiger partial charge in [-0.2, -0.15) is 0 Å². The zero-order valence-corrected chi connectivity index (χ0v) is 13.5. The summed E-state index contributed by atoms with van der Waals surface area (Å²) in [5.74, 6) is 1.55. The third kappa shape index (κ3) is 3.39. The van der Waals surface area contributed by atoms with E-state index in [0.29, 0.717) is 13.2 Å². The Labute approximate surface area is 126 Å². The van der Waals surface area contributed by atoms with Crippen LogP contribution in [0.1, 0.15) is 45.7 Å². The highest BCUT2D eigenvalue weighted by Gasteiger charge is 2.28. The number of hydrogen-bond donors (Lipinski definition) is 1. The van der Waals surface area contributed by atoms with Crippen LogP contribution in [-0.4, -0.2) is 19.8 Å². The standard InChI is InChI=1S/C16H24ClNO2/c1-5-18-15(16(2,3)4)11-9-13-14(10-12(11)17)20-8-6-7-19-13/h9-10,15,18H,5-8H2,1-4H3. The molecule has 0 fully saturated rings. The molecule has 4 heteroatoms. The van der Waals surface area contributed by atoms with E-state index in [9.17, 15) is 0 Å². The zero-order valence-electron chi connectivity index (χ0n) is 12.8. The Balaban J connectivity index is 2.42. The van der Waals surface area contributed by atoms with Gasteiger partial charge in [-0.05, 0) is 23.6 Å². The molecule has 0 amide bonds. The van der Waals surface area contributed by atoms with Crippen molar-refractivity contribution in [1.29, 1.82) is 0 Å². The monoisotopic (exact) mass is 297 g/mol. The fourth-order valence-electron chi connectivity index (χ4n) is 2.51. The van der Waals surface area contributed by atoms with Crippen LogP contribution in [-0.2, 0) is 0 Å². The molecule has 0 saturated carbocycles. The number of rotatable bonds is 3. The Morgan fingerprint density at radius 3 is 2.35 bits per heavy atom. The zero-order chi connectivity index (χ0) is 14.8. The summed E-state index contributed by atoms with van der Waals surface area (Å²) in [6, 6.07) is 4.09. The topological polar surface area (TPSA) is 30.5 Å². The first kappa shape index (κ1) is 15.5. The molecule has 112 valence electrons. The molecule has 0 spiro atoms. The summed E-state index contributed by atoms with van der Waals surface area (Å²) in [6.07, 6.45) is 0.900. The summed E-state index contributed by atoms with van der Waals surface area (Å²) in [7, 11) is 0. The van der Waals surface area contributed by atoms with E-state index in [1.54, 1.807) is 0 Å². The molecule has 1 aliphatic rings. The molecule has 1 atom stereocenters. The second kappa shape index (κ2) is 6.23. The van der Waals surface area contributed by atoms with Crippen molar-refractivity contribution in [2.24, 2.45) is 5.41 Å². The molecular formula is C16H24ClNO2. The molecule has 2 rings (SSSR count). The number of hydrogen-bond acceptors (Lipinski definition) is 3. The summed E-state index contributed by atoms with van der Waals surface area (Å²) in [5.41, 5.74) is 1.14. The van der Waals surface area contributed by atoms with Crippen LogP contribution in [0.2, 0.25) is 5.02 Å². The average molecular weight is 298 g/mol. The lowest BCUT2D eigenvalue weighted by Gasteiger charge is -2.32. The molecule has 0 bridgehead atoms. The first-order valence-corrected chi connectivity index (χ1v) is 7.63. The number of nitrogens with one attached hydrogen (secondary N) is 1. The number of halogens is 1. The van der Waals surface area contributed by atoms with E-state index < -0.39 is 0 Å². The maximum Gasteiger partial charge on any atom is 0.162 e. The number of benzene rings is 1. The van der Waals surface area contributed by atoms with Gasteiger partial charge in [-0.25, -0.2) is 0 Å². The van der Waals surface area contributed by atoms with Crippen molar-refractivity contribution in [3.63, 3.8) is 0 Å². The van der Waals surface area contributed by atoms with Gasteiger partial charge in [0.2, 0.25) is 0 Å². The van der Waals surface area contributed by atoms with E-state index >= 15 is 0 Å². The predicted octanol–water partition coefficient (Wildman–Crippen LogP) is 4.20. The third-order valence-electron chi connectivity index (χ3n) is 3.45. The molecule has 1 aromatic rings. The van der Waals surface area contributed by atoms with Crippen LogP contribution >= 0.6 is 11.6 Å². The van der Waals surface area contributed by atoms with Crippen LogP contribution in [0.15, 0.2) is 12.1 Å². The van der Waals surface area contributed by atoms with Gasteiger partial charge in [0.15, 0.2) is 11.5 Å². The van der Waals surface area contributed by atoms with E-state index in [1.807, 2.05) is 12.1 Å². The molecule has 20 heavy (non-hydrogen) atoms. The van der Waals surface area contributed by atoms with Gasteiger partial charge < -0.3 is 14.8 Å². The van der Waals surface area contributed by atoms with Crippen molar-refractivity contribution in [1.82, 2.24) is 5.32 Å². The number of fused-ring (bicyclic) bond motifs is 1. The first-order chi connectivity index (χ1) is 9.43. The molecule has 0 radical (unpaired) electrons. The van der Waals surface area contributed by atoms with Crippen molar-refractivity contribution < 1.29 is 9.47 Å². The molecule has 1 N–H and O–H groups in total. The van der Waals surface area contributed by atoms with Crippen molar-refractivity contribution >= 4 is 11.6 Å². The lowest BCUT2D eigenvalue weighted by molar-refractivity contribution is 0.275. The highest BCUT2D eigenvalue weighted by molar-refractivity contribution is 6.31. The summed E-state index contributed by atoms with van der Waals surface area (Å²) in [4.78, 5) is 0. The lowest BCUT2D eigenvalue weighted by atomic mass is 9.82. The van der Waals surface area contributed by atoms with Gasteiger partial charge in [0.05, 0.1) is 13.2 Å². The molecule has 0 aromatic heterocycles. The van der Waals surface area contributed by atoms with Crippen molar-refractivity contribution in [3.8, 4) is 11.5 Å². The van der Waals surface area contributed by atoms with E-state index in [2.05, 4.69) is 33.0 Å². The van der Waals surface area contributed by atoms with Crippen LogP contribution in [0.5, 0.6) is 11.5 Å². The van der Waals surface area contributed by atoms with Crippen molar-refractivity contribution in [2.45, 2.75) is 40.2 Å². The lowest BCUT2D eigenvalue weighted by Crippen LogP contribution is -2.32. The van der Waals surface area contributed by atoms with Crippen LogP contribution in [0, 0.1) is 5.41 Å². The number of ether oxygens (including phenoxy) is 2. The Morgan fingerprint density at radius 2 is 1.80 bits per heavy atom. The second-order valence-electron chi connectivity index (χ2n) is 6.23. The summed E-state index contributed by atoms with van der Waals surface area (Å²) in [6.45, 7) is 11.0. The molecule has 1 aliphatic heterocycles. The Hall–Kier alpha value is -0.930. The molecule has 0 saturated heterocycles. The molecule has 1 unspecified atom stereocenters. The van der Waals surface area contributed by atoms with E-state index in [1.165, 1.54) is 0 Å². The van der Waals surface area contributed by atoms with E-state index in [-0.39, 0.29) is 11.5 Å². The van der Waals surface area contributed by atoms with Gasteiger partial charge in [-0.15, -0.1) is 0 Å². The second-order valence-corrected chi connectivity index (χ2v) is 6.63. The summed E-state index contributed by atoms with van der Waals surface area (Å²) >= 11 is 6.48. The smallest absolute Gasteiger partial charge is 0.162 e. The van der Waals surface area contributed by atoms with Crippen LogP contribution in [0.25, 0.3) is 0 Å². The highest BCUT2D eigenvalue weighted by atomic mass is 35.5. The molecule has 1 heterocycles. The van der Waals surface area contributed by atoms with Gasteiger partial charge >= 0.3 is 0 Å². The molecule has 1 aromatic carbocycles. The third-order valence-corrected chi connectivity index (χ3v) is 3.78. The maximum atomic E-state index is 6.48. The van der Waals surface area contributed by atoms with Gasteiger partial charge in [0.25, 0.3) is 0 Å². The molecular weight excluding hydrogens is 274 g/mol. The van der Waals surface area contributed by atoms with E-state index in [0.717, 1.165) is 35.1 Å². The molecule has 0 aliphatic carbocycles. The predicted molar refractivity (Wildman–Crippen MR) is 82.9 cm³/mol. The van der Waals surface area contributed by atoms with Crippen molar-refractivity contribution in [3.05, 3.63) is 22.7 Å². The van der Waals surface area contributed by atoms with Crippen LogP contribution < -0.4 is 14.8 Å². The van der Waals surface area contributed by atoms with E-state index in [4.69, 9.17) is 21.1 Å². The Bertz CT molecular complexity index is 468. The normalized spacial score (nSPS) is 16.6. The Morgan fingerprint density at radius 1 is 1.20 bits per heavy atom. The van der Waals surface area contributed by atoms with Gasteiger partial charge in [-0.1, -0.05) is 39.3 Å².